The van der Waals surface area contributed by atoms with Crippen molar-refractivity contribution in [1.82, 2.24) is 9.97 Å². The van der Waals surface area contributed by atoms with Crippen LogP contribution in [0.15, 0.2) is 12.4 Å². The molecular weight excluding hydrogens is 178 g/mol. The molecule has 1 aliphatic rings. The Morgan fingerprint density at radius 1 is 1.71 bits per heavy atom. The molecule has 1 aromatic heterocycles. The number of aromatic nitrogens is 2. The van der Waals surface area contributed by atoms with Gasteiger partial charge in [0.25, 0.3) is 0 Å². The van der Waals surface area contributed by atoms with E-state index in [9.17, 15) is 0 Å². The minimum atomic E-state index is 0.168. The van der Waals surface area contributed by atoms with Gasteiger partial charge in [-0.3, -0.25) is 0 Å². The fraction of sp³-hybridized carbons (Fsp3) is 0.700. The summed E-state index contributed by atoms with van der Waals surface area (Å²) in [5, 5.41) is 0. The summed E-state index contributed by atoms with van der Waals surface area (Å²) in [4.78, 5) is 7.25. The number of aromatic amines is 1. The van der Waals surface area contributed by atoms with Gasteiger partial charge in [-0.15, -0.1) is 0 Å². The van der Waals surface area contributed by atoms with Gasteiger partial charge in [-0.1, -0.05) is 0 Å². The summed E-state index contributed by atoms with van der Waals surface area (Å²) in [5.41, 5.74) is 6.10. The molecular formula is C10H17N3O. The number of nitrogens with two attached hydrogens (primary N) is 1. The molecule has 0 bridgehead atoms. The van der Waals surface area contributed by atoms with Gasteiger partial charge in [0.15, 0.2) is 0 Å². The van der Waals surface area contributed by atoms with Crippen molar-refractivity contribution < 1.29 is 4.74 Å². The van der Waals surface area contributed by atoms with Gasteiger partial charge in [0.05, 0.1) is 6.61 Å². The zero-order chi connectivity index (χ0) is 9.80. The Kier molecular flexibility index (Phi) is 3.16. The Bertz CT molecular complexity index is 254. The lowest BCUT2D eigenvalue weighted by molar-refractivity contribution is 0.0448. The van der Waals surface area contributed by atoms with Crippen LogP contribution < -0.4 is 5.73 Å². The third-order valence-electron chi connectivity index (χ3n) is 2.78. The number of ether oxygens (including phenoxy) is 1. The quantitative estimate of drug-likeness (QED) is 0.746. The number of hydrogen-bond acceptors (Lipinski definition) is 3. The van der Waals surface area contributed by atoms with E-state index in [1.54, 1.807) is 6.20 Å². The van der Waals surface area contributed by atoms with E-state index in [4.69, 9.17) is 10.5 Å². The van der Waals surface area contributed by atoms with E-state index in [1.165, 1.54) is 6.42 Å². The predicted molar refractivity (Wildman–Crippen MR) is 53.8 cm³/mol. The lowest BCUT2D eigenvalue weighted by atomic mass is 9.92. The molecule has 0 amide bonds. The Labute approximate surface area is 83.9 Å². The van der Waals surface area contributed by atoms with Gasteiger partial charge < -0.3 is 15.5 Å². The Morgan fingerprint density at radius 2 is 2.64 bits per heavy atom. The molecule has 4 nitrogen and oxygen atoms in total. The largest absolute Gasteiger partial charge is 0.381 e. The van der Waals surface area contributed by atoms with E-state index < -0.39 is 0 Å². The average Bonchev–Trinajstić information content (AvgIpc) is 2.72. The molecule has 2 unspecified atom stereocenters. The maximum absolute atomic E-state index is 6.10. The van der Waals surface area contributed by atoms with Crippen LogP contribution in [0.4, 0.5) is 0 Å². The number of rotatable bonds is 3. The molecule has 0 radical (unpaired) electrons. The van der Waals surface area contributed by atoms with Crippen molar-refractivity contribution >= 4 is 0 Å². The van der Waals surface area contributed by atoms with Crippen molar-refractivity contribution in [1.29, 1.82) is 0 Å². The van der Waals surface area contributed by atoms with Crippen LogP contribution in [0.1, 0.15) is 18.7 Å². The molecule has 1 saturated heterocycles. The Hall–Kier alpha value is -0.870. The smallest absolute Gasteiger partial charge is 0.107 e. The molecule has 14 heavy (non-hydrogen) atoms. The SMILES string of the molecule is NC(Cc1ncc[nH]1)C1CCCOC1. The Morgan fingerprint density at radius 3 is 3.29 bits per heavy atom. The van der Waals surface area contributed by atoms with Gasteiger partial charge in [-0.2, -0.15) is 0 Å². The molecule has 0 spiro atoms. The normalized spacial score (nSPS) is 24.8. The van der Waals surface area contributed by atoms with Crippen LogP contribution in [0.5, 0.6) is 0 Å². The first kappa shape index (κ1) is 9.68. The summed E-state index contributed by atoms with van der Waals surface area (Å²) >= 11 is 0. The molecule has 0 aliphatic carbocycles. The summed E-state index contributed by atoms with van der Waals surface area (Å²) in [6.07, 6.45) is 6.73. The lowest BCUT2D eigenvalue weighted by Crippen LogP contribution is -2.37. The number of hydrogen-bond donors (Lipinski definition) is 2. The van der Waals surface area contributed by atoms with Gasteiger partial charge in [0.2, 0.25) is 0 Å². The van der Waals surface area contributed by atoms with Crippen LogP contribution in [-0.4, -0.2) is 29.2 Å². The van der Waals surface area contributed by atoms with Gasteiger partial charge in [0.1, 0.15) is 5.82 Å². The van der Waals surface area contributed by atoms with E-state index in [2.05, 4.69) is 9.97 Å². The van der Waals surface area contributed by atoms with E-state index in [-0.39, 0.29) is 6.04 Å². The zero-order valence-corrected chi connectivity index (χ0v) is 8.28. The number of imidazole rings is 1. The van der Waals surface area contributed by atoms with Crippen molar-refractivity contribution in [3.8, 4) is 0 Å². The molecule has 0 saturated carbocycles. The zero-order valence-electron chi connectivity index (χ0n) is 8.28. The molecule has 4 heteroatoms. The second-order valence-electron chi connectivity index (χ2n) is 3.88. The van der Waals surface area contributed by atoms with Gasteiger partial charge in [-0.25, -0.2) is 4.98 Å². The second kappa shape index (κ2) is 4.57. The summed E-state index contributed by atoms with van der Waals surface area (Å²) < 4.78 is 5.41. The maximum Gasteiger partial charge on any atom is 0.107 e. The van der Waals surface area contributed by atoms with E-state index >= 15 is 0 Å². The first-order valence-electron chi connectivity index (χ1n) is 5.18. The highest BCUT2D eigenvalue weighted by Gasteiger charge is 2.21. The van der Waals surface area contributed by atoms with Crippen molar-refractivity contribution in [3.05, 3.63) is 18.2 Å². The van der Waals surface area contributed by atoms with Crippen molar-refractivity contribution in [2.75, 3.05) is 13.2 Å². The van der Waals surface area contributed by atoms with Crippen LogP contribution in [0.3, 0.4) is 0 Å². The van der Waals surface area contributed by atoms with Gasteiger partial charge in [0, 0.05) is 31.5 Å². The summed E-state index contributed by atoms with van der Waals surface area (Å²) in [5.74, 6) is 1.47. The van der Waals surface area contributed by atoms with Crippen molar-refractivity contribution in [3.63, 3.8) is 0 Å². The van der Waals surface area contributed by atoms with E-state index in [1.807, 2.05) is 6.20 Å². The number of H-pyrrole nitrogens is 1. The van der Waals surface area contributed by atoms with Crippen LogP contribution in [0.2, 0.25) is 0 Å². The van der Waals surface area contributed by atoms with Crippen molar-refractivity contribution in [2.24, 2.45) is 11.7 Å². The standard InChI is InChI=1S/C10H17N3O/c11-9(6-10-12-3-4-13-10)8-2-1-5-14-7-8/h3-4,8-9H,1-2,5-7,11H2,(H,12,13). The summed E-state index contributed by atoms with van der Waals surface area (Å²) in [6, 6.07) is 0.168. The molecule has 78 valence electrons. The molecule has 2 atom stereocenters. The monoisotopic (exact) mass is 195 g/mol. The van der Waals surface area contributed by atoms with Crippen LogP contribution >= 0.6 is 0 Å². The highest BCUT2D eigenvalue weighted by Crippen LogP contribution is 2.17. The molecule has 2 heterocycles. The number of nitrogens with one attached hydrogen (secondary N) is 1. The first-order valence-corrected chi connectivity index (χ1v) is 5.18. The third-order valence-corrected chi connectivity index (χ3v) is 2.78. The molecule has 1 aliphatic heterocycles. The fourth-order valence-electron chi connectivity index (χ4n) is 1.90. The molecule has 1 fully saturated rings. The van der Waals surface area contributed by atoms with Crippen LogP contribution in [0.25, 0.3) is 0 Å². The first-order chi connectivity index (χ1) is 6.86. The number of nitrogens with zero attached hydrogens (tertiary/aromatic N) is 1. The Balaban J connectivity index is 1.85. The third kappa shape index (κ3) is 2.33. The van der Waals surface area contributed by atoms with Crippen LogP contribution in [0, 0.1) is 5.92 Å². The lowest BCUT2D eigenvalue weighted by Gasteiger charge is -2.26. The highest BCUT2D eigenvalue weighted by molar-refractivity contribution is 4.92. The molecule has 3 N–H and O–H groups in total. The van der Waals surface area contributed by atoms with Crippen molar-refractivity contribution in [2.45, 2.75) is 25.3 Å². The average molecular weight is 195 g/mol. The minimum absolute atomic E-state index is 0.168. The minimum Gasteiger partial charge on any atom is -0.381 e. The second-order valence-corrected chi connectivity index (χ2v) is 3.88. The topological polar surface area (TPSA) is 63.9 Å². The van der Waals surface area contributed by atoms with Gasteiger partial charge >= 0.3 is 0 Å². The molecule has 2 rings (SSSR count). The van der Waals surface area contributed by atoms with E-state index in [0.29, 0.717) is 5.92 Å². The summed E-state index contributed by atoms with van der Waals surface area (Å²) in [6.45, 7) is 1.70. The van der Waals surface area contributed by atoms with Crippen LogP contribution in [-0.2, 0) is 11.2 Å². The predicted octanol–water partition coefficient (Wildman–Crippen LogP) is 0.706. The fourth-order valence-corrected chi connectivity index (χ4v) is 1.90. The van der Waals surface area contributed by atoms with Gasteiger partial charge in [-0.05, 0) is 18.8 Å². The molecule has 1 aromatic rings. The molecule has 0 aromatic carbocycles. The summed E-state index contributed by atoms with van der Waals surface area (Å²) in [7, 11) is 0. The maximum atomic E-state index is 6.10. The highest BCUT2D eigenvalue weighted by atomic mass is 16.5. The van der Waals surface area contributed by atoms with E-state index in [0.717, 1.165) is 31.9 Å².